The van der Waals surface area contributed by atoms with Crippen molar-refractivity contribution in [1.82, 2.24) is 0 Å². The third-order valence-electron chi connectivity index (χ3n) is 3.10. The fraction of sp³-hybridized carbons (Fsp3) is 0.500. The van der Waals surface area contributed by atoms with Gasteiger partial charge in [0.05, 0.1) is 9.95 Å². The number of nitro groups is 1. The number of hydrogen-bond acceptors (Lipinski definition) is 4. The summed E-state index contributed by atoms with van der Waals surface area (Å²) in [5.41, 5.74) is 0.495. The number of hydrogen-bond donors (Lipinski definition) is 1. The standard InChI is InChI=1S/C12H15ClN2O2S/c13-10-2-1-3-11(15(16)17)12(10)14-8-9-4-6-18-7-5-9/h1-3,9,14H,4-8H2. The van der Waals surface area contributed by atoms with Crippen molar-refractivity contribution in [3.05, 3.63) is 33.3 Å². The second-order valence-electron chi connectivity index (χ2n) is 4.33. The van der Waals surface area contributed by atoms with Gasteiger partial charge in [-0.1, -0.05) is 17.7 Å². The first-order valence-corrected chi connectivity index (χ1v) is 7.46. The number of para-hydroxylation sites is 1. The van der Waals surface area contributed by atoms with E-state index in [9.17, 15) is 10.1 Å². The number of thioether (sulfide) groups is 1. The summed E-state index contributed by atoms with van der Waals surface area (Å²) >= 11 is 7.99. The van der Waals surface area contributed by atoms with Gasteiger partial charge in [0.25, 0.3) is 5.69 Å². The minimum absolute atomic E-state index is 0.0488. The first kappa shape index (κ1) is 13.5. The predicted octanol–water partition coefficient (Wildman–Crippen LogP) is 3.80. The molecule has 98 valence electrons. The lowest BCUT2D eigenvalue weighted by molar-refractivity contribution is -0.383. The van der Waals surface area contributed by atoms with Crippen molar-refractivity contribution in [3.63, 3.8) is 0 Å². The number of benzene rings is 1. The Balaban J connectivity index is 2.05. The molecule has 1 N–H and O–H groups in total. The van der Waals surface area contributed by atoms with Gasteiger partial charge in [0.15, 0.2) is 0 Å². The van der Waals surface area contributed by atoms with Crippen LogP contribution in [0.25, 0.3) is 0 Å². The fourth-order valence-electron chi connectivity index (χ4n) is 2.04. The van der Waals surface area contributed by atoms with E-state index >= 15 is 0 Å². The Morgan fingerprint density at radius 1 is 1.44 bits per heavy atom. The number of nitrogens with zero attached hydrogens (tertiary/aromatic N) is 1. The maximum Gasteiger partial charge on any atom is 0.293 e. The topological polar surface area (TPSA) is 55.2 Å². The molecule has 0 aliphatic carbocycles. The fourth-order valence-corrected chi connectivity index (χ4v) is 3.48. The van der Waals surface area contributed by atoms with Crippen LogP contribution in [0.1, 0.15) is 12.8 Å². The van der Waals surface area contributed by atoms with Crippen LogP contribution in [-0.2, 0) is 0 Å². The smallest absolute Gasteiger partial charge is 0.293 e. The molecule has 1 heterocycles. The minimum atomic E-state index is -0.398. The Labute approximate surface area is 115 Å². The number of nitro benzene ring substituents is 1. The van der Waals surface area contributed by atoms with E-state index in [1.165, 1.54) is 17.6 Å². The van der Waals surface area contributed by atoms with E-state index in [0.717, 1.165) is 19.4 Å². The quantitative estimate of drug-likeness (QED) is 0.675. The molecule has 1 aliphatic heterocycles. The van der Waals surface area contributed by atoms with E-state index in [-0.39, 0.29) is 5.69 Å². The summed E-state index contributed by atoms with van der Waals surface area (Å²) in [6, 6.07) is 4.75. The largest absolute Gasteiger partial charge is 0.378 e. The Kier molecular flexibility index (Phi) is 4.72. The highest BCUT2D eigenvalue weighted by Gasteiger charge is 2.19. The van der Waals surface area contributed by atoms with Crippen LogP contribution < -0.4 is 5.32 Å². The molecule has 0 atom stereocenters. The van der Waals surface area contributed by atoms with Crippen molar-refractivity contribution in [1.29, 1.82) is 0 Å². The molecule has 1 aromatic rings. The number of rotatable bonds is 4. The van der Waals surface area contributed by atoms with Crippen LogP contribution in [0.5, 0.6) is 0 Å². The summed E-state index contributed by atoms with van der Waals surface area (Å²) in [6.07, 6.45) is 2.33. The molecule has 1 aliphatic rings. The summed E-state index contributed by atoms with van der Waals surface area (Å²) in [5.74, 6) is 2.94. The number of anilines is 1. The molecule has 0 unspecified atom stereocenters. The monoisotopic (exact) mass is 286 g/mol. The van der Waals surface area contributed by atoms with Crippen LogP contribution in [0.15, 0.2) is 18.2 Å². The number of halogens is 1. The first-order chi connectivity index (χ1) is 8.68. The maximum absolute atomic E-state index is 10.9. The average molecular weight is 287 g/mol. The van der Waals surface area contributed by atoms with Gasteiger partial charge in [-0.05, 0) is 36.3 Å². The molecular weight excluding hydrogens is 272 g/mol. The molecule has 1 fully saturated rings. The second kappa shape index (κ2) is 6.29. The van der Waals surface area contributed by atoms with Gasteiger partial charge in [0, 0.05) is 12.6 Å². The third-order valence-corrected chi connectivity index (χ3v) is 4.46. The molecule has 0 radical (unpaired) electrons. The van der Waals surface area contributed by atoms with Gasteiger partial charge in [-0.3, -0.25) is 10.1 Å². The van der Waals surface area contributed by atoms with Gasteiger partial charge in [-0.25, -0.2) is 0 Å². The Hall–Kier alpha value is -0.940. The van der Waals surface area contributed by atoms with Gasteiger partial charge in [0.2, 0.25) is 0 Å². The molecule has 0 amide bonds. The zero-order valence-electron chi connectivity index (χ0n) is 9.89. The predicted molar refractivity (Wildman–Crippen MR) is 76.6 cm³/mol. The van der Waals surface area contributed by atoms with Crippen molar-refractivity contribution >= 4 is 34.7 Å². The van der Waals surface area contributed by atoms with Crippen LogP contribution in [0, 0.1) is 16.0 Å². The Morgan fingerprint density at radius 3 is 2.83 bits per heavy atom. The van der Waals surface area contributed by atoms with E-state index < -0.39 is 4.92 Å². The molecule has 0 saturated carbocycles. The highest BCUT2D eigenvalue weighted by Crippen LogP contribution is 2.32. The van der Waals surface area contributed by atoms with Crippen LogP contribution >= 0.6 is 23.4 Å². The lowest BCUT2D eigenvalue weighted by Crippen LogP contribution is -2.19. The lowest BCUT2D eigenvalue weighted by atomic mass is 10.0. The SMILES string of the molecule is O=[N+]([O-])c1cccc(Cl)c1NCC1CCSCC1. The first-order valence-electron chi connectivity index (χ1n) is 5.93. The summed E-state index contributed by atoms with van der Waals surface area (Å²) in [7, 11) is 0. The van der Waals surface area contributed by atoms with Gasteiger partial charge < -0.3 is 5.32 Å². The molecule has 2 rings (SSSR count). The van der Waals surface area contributed by atoms with Crippen LogP contribution in [0.2, 0.25) is 5.02 Å². The number of nitrogens with one attached hydrogen (secondary N) is 1. The Morgan fingerprint density at radius 2 is 2.17 bits per heavy atom. The average Bonchev–Trinajstić information content (AvgIpc) is 2.38. The van der Waals surface area contributed by atoms with Crippen molar-refractivity contribution in [3.8, 4) is 0 Å². The molecule has 0 bridgehead atoms. The highest BCUT2D eigenvalue weighted by atomic mass is 35.5. The van der Waals surface area contributed by atoms with Crippen molar-refractivity contribution in [2.24, 2.45) is 5.92 Å². The summed E-state index contributed by atoms with van der Waals surface area (Å²) in [6.45, 7) is 0.755. The molecule has 1 aromatic carbocycles. The van der Waals surface area contributed by atoms with Gasteiger partial charge in [0.1, 0.15) is 5.69 Å². The third kappa shape index (κ3) is 3.29. The summed E-state index contributed by atoms with van der Waals surface area (Å²) in [5, 5.41) is 14.5. The van der Waals surface area contributed by atoms with Crippen LogP contribution in [-0.4, -0.2) is 23.0 Å². The van der Waals surface area contributed by atoms with E-state index in [2.05, 4.69) is 5.32 Å². The van der Waals surface area contributed by atoms with E-state index in [1.54, 1.807) is 12.1 Å². The molecule has 0 spiro atoms. The molecule has 4 nitrogen and oxygen atoms in total. The maximum atomic E-state index is 10.9. The lowest BCUT2D eigenvalue weighted by Gasteiger charge is -2.22. The van der Waals surface area contributed by atoms with E-state index in [1.807, 2.05) is 11.8 Å². The Bertz CT molecular complexity index is 436. The molecule has 1 saturated heterocycles. The zero-order valence-corrected chi connectivity index (χ0v) is 11.5. The van der Waals surface area contributed by atoms with Crippen molar-refractivity contribution in [2.45, 2.75) is 12.8 Å². The normalized spacial score (nSPS) is 16.5. The van der Waals surface area contributed by atoms with Gasteiger partial charge in [-0.2, -0.15) is 11.8 Å². The van der Waals surface area contributed by atoms with Crippen LogP contribution in [0.3, 0.4) is 0 Å². The minimum Gasteiger partial charge on any atom is -0.378 e. The second-order valence-corrected chi connectivity index (χ2v) is 5.96. The summed E-state index contributed by atoms with van der Waals surface area (Å²) < 4.78 is 0. The molecular formula is C12H15ClN2O2S. The molecule has 6 heteroatoms. The highest BCUT2D eigenvalue weighted by molar-refractivity contribution is 7.99. The molecule has 0 aromatic heterocycles. The van der Waals surface area contributed by atoms with E-state index in [0.29, 0.717) is 16.6 Å². The summed E-state index contributed by atoms with van der Waals surface area (Å²) in [4.78, 5) is 10.5. The van der Waals surface area contributed by atoms with Crippen molar-refractivity contribution in [2.75, 3.05) is 23.4 Å². The van der Waals surface area contributed by atoms with Crippen LogP contribution in [0.4, 0.5) is 11.4 Å². The van der Waals surface area contributed by atoms with E-state index in [4.69, 9.17) is 11.6 Å². The zero-order chi connectivity index (χ0) is 13.0. The molecule has 18 heavy (non-hydrogen) atoms. The van der Waals surface area contributed by atoms with Crippen molar-refractivity contribution < 1.29 is 4.92 Å². The van der Waals surface area contributed by atoms with Gasteiger partial charge >= 0.3 is 0 Å². The van der Waals surface area contributed by atoms with Gasteiger partial charge in [-0.15, -0.1) is 0 Å².